The summed E-state index contributed by atoms with van der Waals surface area (Å²) in [4.78, 5) is 12.5. The van der Waals surface area contributed by atoms with E-state index in [1.165, 1.54) is 12.1 Å². The largest absolute Gasteiger partial charge is 0.494 e. The number of aromatic nitrogens is 2. The molecule has 0 aliphatic heterocycles. The summed E-state index contributed by atoms with van der Waals surface area (Å²) in [6.45, 7) is 2.37. The average Bonchev–Trinajstić information content (AvgIpc) is 3.16. The van der Waals surface area contributed by atoms with Crippen LogP contribution in [-0.4, -0.2) is 31.1 Å². The maximum Gasteiger partial charge on any atom is 0.279 e. The molecule has 0 unspecified atom stereocenters. The number of H-pyrrole nitrogens is 1. The topological polar surface area (TPSA) is 113 Å². The van der Waals surface area contributed by atoms with Gasteiger partial charge in [-0.3, -0.25) is 14.6 Å². The minimum Gasteiger partial charge on any atom is -0.494 e. The number of nitrogens with zero attached hydrogens (tertiary/aromatic N) is 1. The van der Waals surface area contributed by atoms with Gasteiger partial charge in [-0.05, 0) is 55.5 Å². The molecule has 1 heterocycles. The molecule has 0 radical (unpaired) electrons. The van der Waals surface area contributed by atoms with E-state index < -0.39 is 26.8 Å². The number of hydrogen-bond donors (Lipinski definition) is 3. The first-order valence-corrected chi connectivity index (χ1v) is 9.73. The summed E-state index contributed by atoms with van der Waals surface area (Å²) in [5.41, 5.74) is 0.446. The van der Waals surface area contributed by atoms with E-state index in [1.807, 2.05) is 6.92 Å². The van der Waals surface area contributed by atoms with Gasteiger partial charge >= 0.3 is 0 Å². The Balaban J connectivity index is 1.78. The minimum absolute atomic E-state index is 0.147. The lowest BCUT2D eigenvalue weighted by atomic mass is 10.2. The molecule has 0 aliphatic rings. The quantitative estimate of drug-likeness (QED) is 0.560. The van der Waals surface area contributed by atoms with Crippen LogP contribution in [-0.2, 0) is 10.0 Å². The van der Waals surface area contributed by atoms with Gasteiger partial charge in [-0.2, -0.15) is 13.5 Å². The number of anilines is 2. The van der Waals surface area contributed by atoms with Crippen molar-refractivity contribution in [1.29, 1.82) is 0 Å². The molecular formula is C18H17FN4O4S. The fourth-order valence-electron chi connectivity index (χ4n) is 2.36. The van der Waals surface area contributed by atoms with Crippen molar-refractivity contribution in [3.63, 3.8) is 0 Å². The first-order chi connectivity index (χ1) is 13.4. The number of amides is 1. The molecule has 1 aromatic heterocycles. The molecular weight excluding hydrogens is 387 g/mol. The summed E-state index contributed by atoms with van der Waals surface area (Å²) in [6, 6.07) is 11.4. The van der Waals surface area contributed by atoms with Crippen LogP contribution < -0.4 is 14.8 Å². The summed E-state index contributed by atoms with van der Waals surface area (Å²) in [6.07, 6.45) is 1.11. The maximum absolute atomic E-state index is 13.0. The van der Waals surface area contributed by atoms with E-state index in [0.717, 1.165) is 18.3 Å². The second kappa shape index (κ2) is 8.09. The summed E-state index contributed by atoms with van der Waals surface area (Å²) in [5, 5.41) is 8.17. The molecule has 28 heavy (non-hydrogen) atoms. The smallest absolute Gasteiger partial charge is 0.279 e. The zero-order valence-electron chi connectivity index (χ0n) is 14.8. The van der Waals surface area contributed by atoms with Gasteiger partial charge in [-0.15, -0.1) is 0 Å². The molecule has 0 spiro atoms. The molecule has 0 aliphatic carbocycles. The van der Waals surface area contributed by atoms with Crippen molar-refractivity contribution in [1.82, 2.24) is 10.2 Å². The Bertz CT molecular complexity index is 1060. The van der Waals surface area contributed by atoms with Crippen LogP contribution in [0.25, 0.3) is 0 Å². The standard InChI is InChI=1S/C18H17FN4O4S/c1-2-27-15-9-7-13(8-10-15)21-17(24)16-11-20-22-18(16)28(25,26)23-14-5-3-12(19)4-6-14/h3-11,23H,2H2,1H3,(H,20,22)(H,21,24). The van der Waals surface area contributed by atoms with E-state index >= 15 is 0 Å². The van der Waals surface area contributed by atoms with E-state index in [2.05, 4.69) is 20.2 Å². The van der Waals surface area contributed by atoms with E-state index in [-0.39, 0.29) is 11.3 Å². The van der Waals surface area contributed by atoms with Gasteiger partial charge in [0.05, 0.1) is 18.4 Å². The van der Waals surface area contributed by atoms with Crippen molar-refractivity contribution >= 4 is 27.3 Å². The highest BCUT2D eigenvalue weighted by molar-refractivity contribution is 7.92. The monoisotopic (exact) mass is 404 g/mol. The molecule has 8 nitrogen and oxygen atoms in total. The van der Waals surface area contributed by atoms with Crippen molar-refractivity contribution < 1.29 is 22.3 Å². The fourth-order valence-corrected chi connectivity index (χ4v) is 3.52. The Hall–Kier alpha value is -3.40. The number of aromatic amines is 1. The number of rotatable bonds is 7. The number of hydrogen-bond acceptors (Lipinski definition) is 5. The minimum atomic E-state index is -4.14. The predicted octanol–water partition coefficient (Wildman–Crippen LogP) is 3.00. The average molecular weight is 404 g/mol. The molecule has 0 saturated carbocycles. The number of carbonyl (C=O) groups excluding carboxylic acids is 1. The van der Waals surface area contributed by atoms with Crippen LogP contribution in [0.5, 0.6) is 5.75 Å². The number of sulfonamides is 1. The molecule has 10 heteroatoms. The van der Waals surface area contributed by atoms with Gasteiger partial charge in [-0.1, -0.05) is 0 Å². The van der Waals surface area contributed by atoms with Crippen LogP contribution in [0.1, 0.15) is 17.3 Å². The predicted molar refractivity (Wildman–Crippen MR) is 101 cm³/mol. The Morgan fingerprint density at radius 2 is 1.75 bits per heavy atom. The SMILES string of the molecule is CCOc1ccc(NC(=O)c2cn[nH]c2S(=O)(=O)Nc2ccc(F)cc2)cc1. The Kier molecular flexibility index (Phi) is 5.59. The van der Waals surface area contributed by atoms with Crippen molar-refractivity contribution in [3.8, 4) is 5.75 Å². The summed E-state index contributed by atoms with van der Waals surface area (Å²) < 4.78 is 45.7. The lowest BCUT2D eigenvalue weighted by Crippen LogP contribution is -2.19. The van der Waals surface area contributed by atoms with Crippen LogP contribution in [0, 0.1) is 5.82 Å². The van der Waals surface area contributed by atoms with E-state index in [0.29, 0.717) is 18.0 Å². The van der Waals surface area contributed by atoms with E-state index in [9.17, 15) is 17.6 Å². The molecule has 1 amide bonds. The summed E-state index contributed by atoms with van der Waals surface area (Å²) in [5.74, 6) is -0.507. The van der Waals surface area contributed by atoms with Crippen molar-refractivity contribution in [3.05, 3.63) is 66.1 Å². The van der Waals surface area contributed by atoms with Crippen LogP contribution in [0.4, 0.5) is 15.8 Å². The molecule has 146 valence electrons. The second-order valence-corrected chi connectivity index (χ2v) is 7.26. The van der Waals surface area contributed by atoms with Gasteiger partial charge in [0.15, 0.2) is 5.03 Å². The number of benzene rings is 2. The first-order valence-electron chi connectivity index (χ1n) is 8.25. The van der Waals surface area contributed by atoms with Crippen LogP contribution in [0.2, 0.25) is 0 Å². The molecule has 0 bridgehead atoms. The molecule has 0 saturated heterocycles. The summed E-state index contributed by atoms with van der Waals surface area (Å²) >= 11 is 0. The summed E-state index contributed by atoms with van der Waals surface area (Å²) in [7, 11) is -4.14. The number of carbonyl (C=O) groups is 1. The van der Waals surface area contributed by atoms with E-state index in [4.69, 9.17) is 4.74 Å². The van der Waals surface area contributed by atoms with Gasteiger partial charge in [0, 0.05) is 11.4 Å². The van der Waals surface area contributed by atoms with Crippen LogP contribution in [0.15, 0.2) is 59.8 Å². The number of halogens is 1. The van der Waals surface area contributed by atoms with Gasteiger partial charge in [0.2, 0.25) is 0 Å². The highest BCUT2D eigenvalue weighted by Crippen LogP contribution is 2.20. The maximum atomic E-state index is 13.0. The van der Waals surface area contributed by atoms with Crippen LogP contribution >= 0.6 is 0 Å². The Morgan fingerprint density at radius 3 is 2.39 bits per heavy atom. The molecule has 0 fully saturated rings. The zero-order chi connectivity index (χ0) is 20.1. The molecule has 3 N–H and O–H groups in total. The molecule has 2 aromatic carbocycles. The van der Waals surface area contributed by atoms with E-state index in [1.54, 1.807) is 24.3 Å². The van der Waals surface area contributed by atoms with Gasteiger partial charge in [-0.25, -0.2) is 4.39 Å². The Labute approximate surface area is 160 Å². The highest BCUT2D eigenvalue weighted by atomic mass is 32.2. The lowest BCUT2D eigenvalue weighted by molar-refractivity contribution is 0.102. The first kappa shape index (κ1) is 19.4. The zero-order valence-corrected chi connectivity index (χ0v) is 15.6. The lowest BCUT2D eigenvalue weighted by Gasteiger charge is -2.09. The van der Waals surface area contributed by atoms with Gasteiger partial charge in [0.25, 0.3) is 15.9 Å². The van der Waals surface area contributed by atoms with Crippen molar-refractivity contribution in [2.75, 3.05) is 16.6 Å². The normalized spacial score (nSPS) is 11.1. The third kappa shape index (κ3) is 4.46. The van der Waals surface area contributed by atoms with Gasteiger partial charge < -0.3 is 10.1 Å². The van der Waals surface area contributed by atoms with Gasteiger partial charge in [0.1, 0.15) is 11.6 Å². The van der Waals surface area contributed by atoms with Crippen molar-refractivity contribution in [2.24, 2.45) is 0 Å². The number of nitrogens with one attached hydrogen (secondary N) is 3. The fraction of sp³-hybridized carbons (Fsp3) is 0.111. The third-order valence-electron chi connectivity index (χ3n) is 3.64. The molecule has 3 aromatic rings. The van der Waals surface area contributed by atoms with Crippen LogP contribution in [0.3, 0.4) is 0 Å². The number of ether oxygens (including phenoxy) is 1. The molecule has 3 rings (SSSR count). The van der Waals surface area contributed by atoms with Crippen molar-refractivity contribution in [2.45, 2.75) is 11.9 Å². The highest BCUT2D eigenvalue weighted by Gasteiger charge is 2.25. The molecule has 0 atom stereocenters. The third-order valence-corrected chi connectivity index (χ3v) is 4.99. The Morgan fingerprint density at radius 1 is 1.11 bits per heavy atom. The second-order valence-electron chi connectivity index (χ2n) is 5.64.